The first kappa shape index (κ1) is 13.3. The number of benzene rings is 1. The third kappa shape index (κ3) is 5.75. The Hall–Kier alpha value is -1.78. The number of carbonyl (C=O) groups is 1. The van der Waals surface area contributed by atoms with Crippen LogP contribution in [0, 0.1) is 0 Å². The van der Waals surface area contributed by atoms with Gasteiger partial charge in [0.1, 0.15) is 0 Å². The monoisotopic (exact) mass is 244 g/mol. The number of allylic oxidation sites excluding steroid dienone is 1. The molecule has 0 atom stereocenters. The Labute approximate surface area is 96.4 Å². The number of halogens is 3. The van der Waals surface area contributed by atoms with E-state index < -0.39 is 18.6 Å². The van der Waals surface area contributed by atoms with E-state index in [1.54, 1.807) is 30.3 Å². The molecule has 0 radical (unpaired) electrons. The van der Waals surface area contributed by atoms with Crippen molar-refractivity contribution in [1.29, 1.82) is 0 Å². The summed E-state index contributed by atoms with van der Waals surface area (Å²) in [7, 11) is 0. The molecule has 0 heterocycles. The predicted molar refractivity (Wildman–Crippen MR) is 56.5 cm³/mol. The van der Waals surface area contributed by atoms with Crippen LogP contribution in [0.3, 0.4) is 0 Å². The normalized spacial score (nSPS) is 12.5. The van der Waals surface area contributed by atoms with Crippen molar-refractivity contribution >= 4 is 5.97 Å². The Balaban J connectivity index is 2.82. The first-order valence-electron chi connectivity index (χ1n) is 4.90. The molecule has 0 bridgehead atoms. The van der Waals surface area contributed by atoms with Crippen LogP contribution in [0.4, 0.5) is 13.2 Å². The van der Waals surface area contributed by atoms with Crippen LogP contribution in [0.5, 0.6) is 0 Å². The van der Waals surface area contributed by atoms with Crippen LogP contribution in [0.1, 0.15) is 12.0 Å². The number of carboxylic acid groups (broad SMARTS) is 1. The van der Waals surface area contributed by atoms with Gasteiger partial charge in [-0.1, -0.05) is 30.3 Å². The summed E-state index contributed by atoms with van der Waals surface area (Å²) in [6.07, 6.45) is -4.97. The molecule has 0 saturated carbocycles. The fourth-order valence-corrected chi connectivity index (χ4v) is 1.45. The third-order valence-electron chi connectivity index (χ3n) is 2.03. The molecule has 0 aromatic heterocycles. The average molecular weight is 244 g/mol. The molecule has 0 saturated heterocycles. The number of aliphatic carboxylic acids is 1. The first-order valence-corrected chi connectivity index (χ1v) is 4.90. The summed E-state index contributed by atoms with van der Waals surface area (Å²) >= 11 is 0. The molecule has 1 aromatic carbocycles. The minimum Gasteiger partial charge on any atom is -0.478 e. The van der Waals surface area contributed by atoms with E-state index in [1.165, 1.54) is 0 Å². The lowest BCUT2D eigenvalue weighted by molar-refractivity contribution is -0.132. The maximum Gasteiger partial charge on any atom is 0.392 e. The van der Waals surface area contributed by atoms with Gasteiger partial charge in [-0.15, -0.1) is 0 Å². The maximum atomic E-state index is 12.2. The summed E-state index contributed by atoms with van der Waals surface area (Å²) in [5.74, 6) is -1.36. The molecule has 2 nitrogen and oxygen atoms in total. The summed E-state index contributed by atoms with van der Waals surface area (Å²) in [5.41, 5.74) is 0.500. The van der Waals surface area contributed by atoms with Crippen molar-refractivity contribution in [1.82, 2.24) is 0 Å². The van der Waals surface area contributed by atoms with Crippen LogP contribution in [0.25, 0.3) is 0 Å². The number of hydrogen-bond donors (Lipinski definition) is 1. The van der Waals surface area contributed by atoms with Crippen molar-refractivity contribution in [2.24, 2.45) is 0 Å². The zero-order chi connectivity index (χ0) is 12.9. The summed E-state index contributed by atoms with van der Waals surface area (Å²) in [6, 6.07) is 8.45. The molecule has 0 unspecified atom stereocenters. The second kappa shape index (κ2) is 5.52. The Morgan fingerprint density at radius 3 is 2.29 bits per heavy atom. The zero-order valence-corrected chi connectivity index (χ0v) is 8.87. The van der Waals surface area contributed by atoms with Crippen LogP contribution in [-0.4, -0.2) is 17.3 Å². The molecular formula is C12H11F3O2. The smallest absolute Gasteiger partial charge is 0.392 e. The van der Waals surface area contributed by atoms with Gasteiger partial charge >= 0.3 is 12.1 Å². The number of rotatable bonds is 4. The van der Waals surface area contributed by atoms with Crippen molar-refractivity contribution < 1.29 is 23.1 Å². The summed E-state index contributed by atoms with van der Waals surface area (Å²) < 4.78 is 36.7. The number of carboxylic acids is 1. The fraction of sp³-hybridized carbons (Fsp3) is 0.250. The highest BCUT2D eigenvalue weighted by atomic mass is 19.4. The number of alkyl halides is 3. The molecule has 0 aliphatic heterocycles. The molecule has 0 aliphatic carbocycles. The molecule has 1 N–H and O–H groups in total. The van der Waals surface area contributed by atoms with E-state index in [0.29, 0.717) is 11.6 Å². The zero-order valence-electron chi connectivity index (χ0n) is 8.87. The standard InChI is InChI=1S/C12H11F3O2/c13-12(14,15)8-10(7-11(16)17)6-9-4-2-1-3-5-9/h1-5,7H,6,8H2,(H,16,17)/b10-7-. The van der Waals surface area contributed by atoms with E-state index in [9.17, 15) is 18.0 Å². The van der Waals surface area contributed by atoms with E-state index >= 15 is 0 Å². The Morgan fingerprint density at radius 2 is 1.82 bits per heavy atom. The molecule has 5 heteroatoms. The molecule has 1 rings (SSSR count). The minimum absolute atomic E-state index is 0.00729. The second-order valence-corrected chi connectivity index (χ2v) is 3.60. The van der Waals surface area contributed by atoms with Crippen molar-refractivity contribution in [3.05, 3.63) is 47.5 Å². The largest absolute Gasteiger partial charge is 0.478 e. The van der Waals surface area contributed by atoms with Gasteiger partial charge in [-0.25, -0.2) is 4.79 Å². The van der Waals surface area contributed by atoms with Crippen molar-refractivity contribution in [3.8, 4) is 0 Å². The average Bonchev–Trinajstić information content (AvgIpc) is 2.15. The molecule has 0 spiro atoms. The SMILES string of the molecule is O=C(O)/C=C(/Cc1ccccc1)CC(F)(F)F. The lowest BCUT2D eigenvalue weighted by atomic mass is 10.0. The van der Waals surface area contributed by atoms with Gasteiger partial charge in [0.15, 0.2) is 0 Å². The van der Waals surface area contributed by atoms with E-state index in [1.807, 2.05) is 0 Å². The van der Waals surface area contributed by atoms with E-state index in [4.69, 9.17) is 5.11 Å². The predicted octanol–water partition coefficient (Wildman–Crippen LogP) is 3.19. The Kier molecular flexibility index (Phi) is 4.31. The third-order valence-corrected chi connectivity index (χ3v) is 2.03. The van der Waals surface area contributed by atoms with Gasteiger partial charge in [0.2, 0.25) is 0 Å². The summed E-state index contributed by atoms with van der Waals surface area (Å²) in [5, 5.41) is 8.52. The molecular weight excluding hydrogens is 233 g/mol. The molecule has 0 amide bonds. The van der Waals surface area contributed by atoms with E-state index in [-0.39, 0.29) is 12.0 Å². The Morgan fingerprint density at radius 1 is 1.24 bits per heavy atom. The molecule has 0 fully saturated rings. The highest BCUT2D eigenvalue weighted by molar-refractivity contribution is 5.80. The summed E-state index contributed by atoms with van der Waals surface area (Å²) in [6.45, 7) is 0. The Bertz CT molecular complexity index is 408. The highest BCUT2D eigenvalue weighted by Crippen LogP contribution is 2.26. The lowest BCUT2D eigenvalue weighted by Crippen LogP contribution is -2.11. The van der Waals surface area contributed by atoms with Gasteiger partial charge in [-0.2, -0.15) is 13.2 Å². The van der Waals surface area contributed by atoms with Gasteiger partial charge in [0.05, 0.1) is 6.42 Å². The minimum atomic E-state index is -4.39. The van der Waals surface area contributed by atoms with Crippen molar-refractivity contribution in [3.63, 3.8) is 0 Å². The van der Waals surface area contributed by atoms with Crippen LogP contribution in [-0.2, 0) is 11.2 Å². The second-order valence-electron chi connectivity index (χ2n) is 3.60. The van der Waals surface area contributed by atoms with Crippen LogP contribution in [0.2, 0.25) is 0 Å². The first-order chi connectivity index (χ1) is 7.87. The molecule has 0 aliphatic rings. The van der Waals surface area contributed by atoms with Crippen molar-refractivity contribution in [2.75, 3.05) is 0 Å². The van der Waals surface area contributed by atoms with Gasteiger partial charge in [0, 0.05) is 6.08 Å². The molecule has 92 valence electrons. The fourth-order valence-electron chi connectivity index (χ4n) is 1.45. The quantitative estimate of drug-likeness (QED) is 0.826. The van der Waals surface area contributed by atoms with Gasteiger partial charge in [-0.3, -0.25) is 0 Å². The van der Waals surface area contributed by atoms with Crippen LogP contribution in [0.15, 0.2) is 42.0 Å². The van der Waals surface area contributed by atoms with E-state index in [2.05, 4.69) is 0 Å². The highest BCUT2D eigenvalue weighted by Gasteiger charge is 2.29. The van der Waals surface area contributed by atoms with Gasteiger partial charge in [0.25, 0.3) is 0 Å². The van der Waals surface area contributed by atoms with Crippen LogP contribution < -0.4 is 0 Å². The van der Waals surface area contributed by atoms with E-state index in [0.717, 1.165) is 0 Å². The lowest BCUT2D eigenvalue weighted by Gasteiger charge is -2.10. The van der Waals surface area contributed by atoms with Gasteiger partial charge in [-0.05, 0) is 17.6 Å². The molecule has 17 heavy (non-hydrogen) atoms. The summed E-state index contributed by atoms with van der Waals surface area (Å²) in [4.78, 5) is 10.4. The maximum absolute atomic E-state index is 12.2. The van der Waals surface area contributed by atoms with Crippen molar-refractivity contribution in [2.45, 2.75) is 19.0 Å². The van der Waals surface area contributed by atoms with Crippen LogP contribution >= 0.6 is 0 Å². The number of hydrogen-bond acceptors (Lipinski definition) is 1. The molecule has 1 aromatic rings. The topological polar surface area (TPSA) is 37.3 Å². The van der Waals surface area contributed by atoms with Gasteiger partial charge < -0.3 is 5.11 Å².